The maximum absolute atomic E-state index is 11.8. The van der Waals surface area contributed by atoms with Crippen molar-refractivity contribution >= 4 is 35.4 Å². The van der Waals surface area contributed by atoms with Crippen LogP contribution in [0.25, 0.3) is 23.0 Å². The fourth-order valence-corrected chi connectivity index (χ4v) is 2.96. The number of hydrogen-bond donors (Lipinski definition) is 4. The van der Waals surface area contributed by atoms with Crippen LogP contribution in [0.3, 0.4) is 0 Å². The predicted molar refractivity (Wildman–Crippen MR) is 105 cm³/mol. The van der Waals surface area contributed by atoms with Gasteiger partial charge in [0.2, 0.25) is 5.91 Å². The summed E-state index contributed by atoms with van der Waals surface area (Å²) < 4.78 is 1.45. The summed E-state index contributed by atoms with van der Waals surface area (Å²) in [4.78, 5) is 38.9. The van der Waals surface area contributed by atoms with Crippen molar-refractivity contribution in [2.45, 2.75) is 13.5 Å². The molecule has 5 N–H and O–H groups in total. The lowest BCUT2D eigenvalue weighted by molar-refractivity contribution is -0.119. The number of nitrogens with one attached hydrogen (secondary N) is 3. The molecule has 3 aromatic rings. The normalized spacial score (nSPS) is 14.9. The van der Waals surface area contributed by atoms with Crippen LogP contribution in [0.5, 0.6) is 0 Å². The first kappa shape index (κ1) is 18.2. The Kier molecular flexibility index (Phi) is 4.43. The van der Waals surface area contributed by atoms with Crippen LogP contribution in [-0.4, -0.2) is 32.4 Å². The number of fused-ring (bicyclic) bond motifs is 1. The summed E-state index contributed by atoms with van der Waals surface area (Å²) >= 11 is 0. The maximum atomic E-state index is 11.8. The zero-order valence-corrected chi connectivity index (χ0v) is 15.4. The minimum absolute atomic E-state index is 0.105. The van der Waals surface area contributed by atoms with E-state index in [4.69, 9.17) is 5.73 Å². The van der Waals surface area contributed by atoms with Gasteiger partial charge in [-0.15, -0.1) is 0 Å². The highest BCUT2D eigenvalue weighted by Gasteiger charge is 2.23. The number of carbonyl (C=O) groups excluding carboxylic acids is 3. The van der Waals surface area contributed by atoms with Crippen molar-refractivity contribution in [1.82, 2.24) is 30.5 Å². The number of carbonyl (C=O) groups is 3. The third kappa shape index (κ3) is 3.63. The summed E-state index contributed by atoms with van der Waals surface area (Å²) in [7, 11) is 0. The highest BCUT2D eigenvalue weighted by Crippen LogP contribution is 2.24. The number of benzene rings is 1. The monoisotopic (exact) mass is 391 g/mol. The zero-order chi connectivity index (χ0) is 20.5. The first-order valence-electron chi connectivity index (χ1n) is 8.73. The Hall–Kier alpha value is -4.21. The van der Waals surface area contributed by atoms with Crippen molar-refractivity contribution in [2.24, 2.45) is 0 Å². The first-order chi connectivity index (χ1) is 13.9. The van der Waals surface area contributed by atoms with Gasteiger partial charge in [-0.3, -0.25) is 14.9 Å². The molecule has 0 atom stereocenters. The van der Waals surface area contributed by atoms with Crippen molar-refractivity contribution in [3.8, 4) is 11.3 Å². The molecule has 3 heterocycles. The molecule has 1 aliphatic heterocycles. The van der Waals surface area contributed by atoms with Gasteiger partial charge in [0.1, 0.15) is 11.5 Å². The highest BCUT2D eigenvalue weighted by atomic mass is 16.2. The van der Waals surface area contributed by atoms with E-state index < -0.39 is 11.9 Å². The Morgan fingerprint density at radius 3 is 2.83 bits per heavy atom. The standard InChI is InChI=1S/C19H17N7O3/c1-10(27)21-8-11-3-2-4-12(5-11)14-7-16(20)26-17(23-14)13(9-22-26)6-15-18(28)25-19(29)24-15/h2-7,9H,8,20H2,1H3,(H,21,27)(H2,24,25,28,29)/b15-6-. The largest absolute Gasteiger partial charge is 0.384 e. The Bertz CT molecular complexity index is 1200. The number of nitrogens with zero attached hydrogens (tertiary/aromatic N) is 3. The summed E-state index contributed by atoms with van der Waals surface area (Å²) in [6.07, 6.45) is 3.01. The molecule has 146 valence electrons. The van der Waals surface area contributed by atoms with Gasteiger partial charge in [0.15, 0.2) is 5.65 Å². The van der Waals surface area contributed by atoms with E-state index in [0.29, 0.717) is 29.3 Å². The van der Waals surface area contributed by atoms with Crippen molar-refractivity contribution < 1.29 is 14.4 Å². The second-order valence-corrected chi connectivity index (χ2v) is 6.48. The molecule has 29 heavy (non-hydrogen) atoms. The molecule has 0 bridgehead atoms. The molecule has 0 saturated carbocycles. The lowest BCUT2D eigenvalue weighted by Crippen LogP contribution is -2.22. The second kappa shape index (κ2) is 7.08. The summed E-state index contributed by atoms with van der Waals surface area (Å²) in [6, 6.07) is 8.67. The SMILES string of the molecule is CC(=O)NCc1cccc(-c2cc(N)n3ncc(/C=C4\NC(=O)NC4=O)c3n2)c1. The number of aromatic nitrogens is 3. The number of anilines is 1. The van der Waals surface area contributed by atoms with E-state index in [1.165, 1.54) is 23.7 Å². The zero-order valence-electron chi connectivity index (χ0n) is 15.4. The molecule has 10 heteroatoms. The first-order valence-corrected chi connectivity index (χ1v) is 8.73. The van der Waals surface area contributed by atoms with Crippen molar-refractivity contribution in [1.29, 1.82) is 0 Å². The number of imide groups is 1. The van der Waals surface area contributed by atoms with E-state index in [2.05, 4.69) is 26.0 Å². The summed E-state index contributed by atoms with van der Waals surface area (Å²) in [5.74, 6) is -0.273. The minimum Gasteiger partial charge on any atom is -0.384 e. The van der Waals surface area contributed by atoms with Crippen molar-refractivity contribution in [3.05, 3.63) is 53.4 Å². The molecule has 0 aliphatic carbocycles. The fraction of sp³-hybridized carbons (Fsp3) is 0.105. The number of rotatable bonds is 4. The topological polar surface area (TPSA) is 144 Å². The summed E-state index contributed by atoms with van der Waals surface area (Å²) in [5.41, 5.74) is 9.55. The van der Waals surface area contributed by atoms with Gasteiger partial charge in [0.25, 0.3) is 5.91 Å². The van der Waals surface area contributed by atoms with E-state index in [0.717, 1.165) is 11.1 Å². The molecule has 4 amide bonds. The van der Waals surface area contributed by atoms with Gasteiger partial charge in [0, 0.05) is 30.7 Å². The lowest BCUT2D eigenvalue weighted by atomic mass is 10.1. The van der Waals surface area contributed by atoms with Gasteiger partial charge >= 0.3 is 6.03 Å². The molecule has 0 radical (unpaired) electrons. The molecule has 0 unspecified atom stereocenters. The third-order valence-corrected chi connectivity index (χ3v) is 4.31. The Labute approximate surface area is 164 Å². The number of nitrogens with two attached hydrogens (primary N) is 1. The fourth-order valence-electron chi connectivity index (χ4n) is 2.96. The van der Waals surface area contributed by atoms with E-state index in [1.54, 1.807) is 6.07 Å². The highest BCUT2D eigenvalue weighted by molar-refractivity contribution is 6.14. The van der Waals surface area contributed by atoms with Crippen LogP contribution in [0, 0.1) is 0 Å². The van der Waals surface area contributed by atoms with Crippen LogP contribution in [0.2, 0.25) is 0 Å². The van der Waals surface area contributed by atoms with Crippen LogP contribution in [-0.2, 0) is 16.1 Å². The number of hydrogen-bond acceptors (Lipinski definition) is 6. The molecule has 0 spiro atoms. The predicted octanol–water partition coefficient (Wildman–Crippen LogP) is 0.795. The van der Waals surface area contributed by atoms with Gasteiger partial charge in [-0.05, 0) is 17.7 Å². The van der Waals surface area contributed by atoms with Gasteiger partial charge in [0.05, 0.1) is 11.9 Å². The molecule has 4 rings (SSSR count). The van der Waals surface area contributed by atoms with Gasteiger partial charge in [-0.1, -0.05) is 18.2 Å². The van der Waals surface area contributed by atoms with Gasteiger partial charge < -0.3 is 16.4 Å². The second-order valence-electron chi connectivity index (χ2n) is 6.48. The smallest absolute Gasteiger partial charge is 0.326 e. The summed E-state index contributed by atoms with van der Waals surface area (Å²) in [6.45, 7) is 1.86. The van der Waals surface area contributed by atoms with E-state index in [1.807, 2.05) is 24.3 Å². The van der Waals surface area contributed by atoms with Crippen LogP contribution in [0.4, 0.5) is 10.6 Å². The molecule has 2 aromatic heterocycles. The molecule has 10 nitrogen and oxygen atoms in total. The Morgan fingerprint density at radius 2 is 2.10 bits per heavy atom. The minimum atomic E-state index is -0.582. The Balaban J connectivity index is 1.75. The Morgan fingerprint density at radius 1 is 1.28 bits per heavy atom. The van der Waals surface area contributed by atoms with Gasteiger partial charge in [-0.2, -0.15) is 9.61 Å². The average molecular weight is 391 g/mol. The van der Waals surface area contributed by atoms with Crippen LogP contribution < -0.4 is 21.7 Å². The molecule has 1 aliphatic rings. The van der Waals surface area contributed by atoms with E-state index in [-0.39, 0.29) is 11.6 Å². The third-order valence-electron chi connectivity index (χ3n) is 4.31. The van der Waals surface area contributed by atoms with Crippen LogP contribution in [0.15, 0.2) is 42.2 Å². The number of amides is 4. The number of urea groups is 1. The van der Waals surface area contributed by atoms with Crippen LogP contribution in [0.1, 0.15) is 18.1 Å². The van der Waals surface area contributed by atoms with E-state index >= 15 is 0 Å². The quantitative estimate of drug-likeness (QED) is 0.382. The molecular weight excluding hydrogens is 374 g/mol. The average Bonchev–Trinajstić information content (AvgIpc) is 3.23. The molecular formula is C19H17N7O3. The van der Waals surface area contributed by atoms with Crippen molar-refractivity contribution in [2.75, 3.05) is 5.73 Å². The van der Waals surface area contributed by atoms with E-state index in [9.17, 15) is 14.4 Å². The lowest BCUT2D eigenvalue weighted by Gasteiger charge is -2.08. The van der Waals surface area contributed by atoms with Gasteiger partial charge in [-0.25, -0.2) is 9.78 Å². The molecule has 1 fully saturated rings. The molecule has 1 aromatic carbocycles. The van der Waals surface area contributed by atoms with Crippen LogP contribution >= 0.6 is 0 Å². The molecule has 1 saturated heterocycles. The van der Waals surface area contributed by atoms with Crippen molar-refractivity contribution in [3.63, 3.8) is 0 Å². The number of nitrogen functional groups attached to an aromatic ring is 1. The maximum Gasteiger partial charge on any atom is 0.326 e. The summed E-state index contributed by atoms with van der Waals surface area (Å²) in [5, 5.41) is 11.5.